The highest BCUT2D eigenvalue weighted by Crippen LogP contribution is 2.29. The predicted molar refractivity (Wildman–Crippen MR) is 95.6 cm³/mol. The molecule has 1 N–H and O–H groups in total. The minimum absolute atomic E-state index is 0.0385. The van der Waals surface area contributed by atoms with Crippen molar-refractivity contribution in [3.63, 3.8) is 0 Å². The molecular formula is C18H21N3O4. The SMILES string of the molecule is CCOc1cccc(/C=N\NC(=O)c2cccn(CC)c2=O)c1OC. The van der Waals surface area contributed by atoms with Crippen LogP contribution in [0.2, 0.25) is 0 Å². The second kappa shape index (κ2) is 8.68. The Kier molecular flexibility index (Phi) is 6.33. The second-order valence-electron chi connectivity index (χ2n) is 5.02. The van der Waals surface area contributed by atoms with Crippen molar-refractivity contribution in [1.82, 2.24) is 9.99 Å². The summed E-state index contributed by atoms with van der Waals surface area (Å²) in [6.45, 7) is 4.71. The number of aryl methyl sites for hydroxylation is 1. The first-order valence-corrected chi connectivity index (χ1v) is 7.95. The maximum atomic E-state index is 12.2. The summed E-state index contributed by atoms with van der Waals surface area (Å²) in [5, 5.41) is 3.92. The summed E-state index contributed by atoms with van der Waals surface area (Å²) < 4.78 is 12.3. The van der Waals surface area contributed by atoms with Gasteiger partial charge in [0.1, 0.15) is 5.56 Å². The van der Waals surface area contributed by atoms with Crippen LogP contribution in [0.1, 0.15) is 29.8 Å². The van der Waals surface area contributed by atoms with Gasteiger partial charge in [-0.05, 0) is 38.1 Å². The number of nitrogens with zero attached hydrogens (tertiary/aromatic N) is 2. The van der Waals surface area contributed by atoms with Gasteiger partial charge in [-0.1, -0.05) is 6.07 Å². The standard InChI is InChI=1S/C18H21N3O4/c1-4-21-11-7-9-14(18(21)23)17(22)20-19-12-13-8-6-10-15(25-5-2)16(13)24-3/h6-12H,4-5H2,1-3H3,(H,20,22)/b19-12-. The number of ether oxygens (including phenoxy) is 2. The van der Waals surface area contributed by atoms with Gasteiger partial charge in [0.2, 0.25) is 0 Å². The lowest BCUT2D eigenvalue weighted by Gasteiger charge is -2.11. The van der Waals surface area contributed by atoms with E-state index in [-0.39, 0.29) is 11.1 Å². The Balaban J connectivity index is 2.18. The molecule has 1 heterocycles. The van der Waals surface area contributed by atoms with Crippen molar-refractivity contribution >= 4 is 12.1 Å². The molecule has 1 aromatic carbocycles. The van der Waals surface area contributed by atoms with Gasteiger partial charge < -0.3 is 14.0 Å². The van der Waals surface area contributed by atoms with Gasteiger partial charge in [-0.3, -0.25) is 9.59 Å². The molecule has 2 aromatic rings. The molecule has 0 saturated carbocycles. The third-order valence-electron chi connectivity index (χ3n) is 3.49. The van der Waals surface area contributed by atoms with E-state index in [1.54, 1.807) is 30.5 Å². The Morgan fingerprint density at radius 1 is 1.28 bits per heavy atom. The van der Waals surface area contributed by atoms with E-state index in [2.05, 4.69) is 10.5 Å². The predicted octanol–water partition coefficient (Wildman–Crippen LogP) is 2.04. The van der Waals surface area contributed by atoms with Crippen molar-refractivity contribution in [3.05, 3.63) is 58.0 Å². The molecule has 1 amide bonds. The molecule has 7 heteroatoms. The Labute approximate surface area is 145 Å². The Bertz CT molecular complexity index is 827. The summed E-state index contributed by atoms with van der Waals surface area (Å²) in [6.07, 6.45) is 3.08. The molecule has 0 aliphatic rings. The van der Waals surface area contributed by atoms with Crippen LogP contribution in [0.4, 0.5) is 0 Å². The molecule has 0 unspecified atom stereocenters. The van der Waals surface area contributed by atoms with Crippen molar-refractivity contribution in [3.8, 4) is 11.5 Å². The summed E-state index contributed by atoms with van der Waals surface area (Å²) in [5.74, 6) is 0.550. The van der Waals surface area contributed by atoms with Crippen LogP contribution in [-0.2, 0) is 6.54 Å². The molecule has 0 bridgehead atoms. The third-order valence-corrected chi connectivity index (χ3v) is 3.49. The summed E-state index contributed by atoms with van der Waals surface area (Å²) in [6, 6.07) is 8.49. The second-order valence-corrected chi connectivity index (χ2v) is 5.02. The monoisotopic (exact) mass is 343 g/mol. The maximum Gasteiger partial charge on any atom is 0.276 e. The van der Waals surface area contributed by atoms with Crippen LogP contribution in [0, 0.1) is 0 Å². The smallest absolute Gasteiger partial charge is 0.276 e. The van der Waals surface area contributed by atoms with Crippen molar-refractivity contribution in [1.29, 1.82) is 0 Å². The van der Waals surface area contributed by atoms with Crippen LogP contribution < -0.4 is 20.5 Å². The van der Waals surface area contributed by atoms with Crippen molar-refractivity contribution < 1.29 is 14.3 Å². The van der Waals surface area contributed by atoms with Crippen LogP contribution in [0.15, 0.2) is 46.4 Å². The van der Waals surface area contributed by atoms with E-state index >= 15 is 0 Å². The Morgan fingerprint density at radius 2 is 2.08 bits per heavy atom. The first-order valence-electron chi connectivity index (χ1n) is 7.95. The van der Waals surface area contributed by atoms with Crippen LogP contribution in [0.3, 0.4) is 0 Å². The molecule has 25 heavy (non-hydrogen) atoms. The van der Waals surface area contributed by atoms with Gasteiger partial charge in [0.25, 0.3) is 11.5 Å². The zero-order chi connectivity index (χ0) is 18.2. The number of carbonyl (C=O) groups excluding carboxylic acids is 1. The quantitative estimate of drug-likeness (QED) is 0.616. The number of amides is 1. The van der Waals surface area contributed by atoms with E-state index in [1.165, 1.54) is 24.0 Å². The number of pyridine rings is 1. The van der Waals surface area contributed by atoms with E-state index in [1.807, 2.05) is 13.8 Å². The number of nitrogens with one attached hydrogen (secondary N) is 1. The van der Waals surface area contributed by atoms with E-state index in [0.717, 1.165) is 0 Å². The molecule has 0 radical (unpaired) electrons. The van der Waals surface area contributed by atoms with Crippen LogP contribution in [-0.4, -0.2) is 30.4 Å². The third kappa shape index (κ3) is 4.26. The number of carbonyl (C=O) groups is 1. The number of para-hydroxylation sites is 1. The topological polar surface area (TPSA) is 81.9 Å². The first kappa shape index (κ1) is 18.3. The van der Waals surface area contributed by atoms with E-state index < -0.39 is 5.91 Å². The Hall–Kier alpha value is -3.09. The fourth-order valence-electron chi connectivity index (χ4n) is 2.30. The minimum Gasteiger partial charge on any atom is -0.492 e. The number of methoxy groups -OCH3 is 1. The average molecular weight is 343 g/mol. The summed E-state index contributed by atoms with van der Waals surface area (Å²) in [5.41, 5.74) is 2.69. The zero-order valence-electron chi connectivity index (χ0n) is 14.5. The number of aromatic nitrogens is 1. The number of benzene rings is 1. The summed E-state index contributed by atoms with van der Waals surface area (Å²) in [7, 11) is 1.53. The summed E-state index contributed by atoms with van der Waals surface area (Å²) >= 11 is 0. The lowest BCUT2D eigenvalue weighted by Crippen LogP contribution is -2.30. The fraction of sp³-hybridized carbons (Fsp3) is 0.278. The van der Waals surface area contributed by atoms with Crippen molar-refractivity contribution in [2.45, 2.75) is 20.4 Å². The maximum absolute atomic E-state index is 12.2. The van der Waals surface area contributed by atoms with Gasteiger partial charge >= 0.3 is 0 Å². The molecule has 132 valence electrons. The van der Waals surface area contributed by atoms with E-state index in [4.69, 9.17) is 9.47 Å². The molecule has 0 aliphatic heterocycles. The van der Waals surface area contributed by atoms with Crippen molar-refractivity contribution in [2.24, 2.45) is 5.10 Å². The fourth-order valence-corrected chi connectivity index (χ4v) is 2.30. The summed E-state index contributed by atoms with van der Waals surface area (Å²) in [4.78, 5) is 24.3. The molecule has 0 aliphatic carbocycles. The number of hydrazone groups is 1. The molecule has 0 spiro atoms. The van der Waals surface area contributed by atoms with Crippen LogP contribution in [0.25, 0.3) is 0 Å². The zero-order valence-corrected chi connectivity index (χ0v) is 14.5. The largest absolute Gasteiger partial charge is 0.492 e. The molecular weight excluding hydrogens is 322 g/mol. The van der Waals surface area contributed by atoms with Gasteiger partial charge in [-0.15, -0.1) is 0 Å². The minimum atomic E-state index is -0.566. The van der Waals surface area contributed by atoms with Crippen LogP contribution >= 0.6 is 0 Å². The van der Waals surface area contributed by atoms with Crippen LogP contribution in [0.5, 0.6) is 11.5 Å². The highest BCUT2D eigenvalue weighted by molar-refractivity contribution is 5.94. The highest BCUT2D eigenvalue weighted by atomic mass is 16.5. The lowest BCUT2D eigenvalue weighted by atomic mass is 10.2. The van der Waals surface area contributed by atoms with Gasteiger partial charge in [0, 0.05) is 18.3 Å². The van der Waals surface area contributed by atoms with Crippen molar-refractivity contribution in [2.75, 3.05) is 13.7 Å². The average Bonchev–Trinajstić information content (AvgIpc) is 2.62. The molecule has 0 fully saturated rings. The molecule has 0 atom stereocenters. The number of hydrogen-bond acceptors (Lipinski definition) is 5. The Morgan fingerprint density at radius 3 is 2.76 bits per heavy atom. The molecule has 1 aromatic heterocycles. The molecule has 7 nitrogen and oxygen atoms in total. The number of rotatable bonds is 7. The normalized spacial score (nSPS) is 10.7. The lowest BCUT2D eigenvalue weighted by molar-refractivity contribution is 0.0953. The first-order chi connectivity index (χ1) is 12.1. The van der Waals surface area contributed by atoms with Gasteiger partial charge in [-0.2, -0.15) is 5.10 Å². The van der Waals surface area contributed by atoms with E-state index in [9.17, 15) is 9.59 Å². The molecule has 0 saturated heterocycles. The van der Waals surface area contributed by atoms with Gasteiger partial charge in [0.05, 0.1) is 19.9 Å². The van der Waals surface area contributed by atoms with Gasteiger partial charge in [-0.25, -0.2) is 5.43 Å². The highest BCUT2D eigenvalue weighted by Gasteiger charge is 2.11. The van der Waals surface area contributed by atoms with E-state index in [0.29, 0.717) is 30.2 Å². The number of hydrogen-bond donors (Lipinski definition) is 1. The molecule has 2 rings (SSSR count). The van der Waals surface area contributed by atoms with Gasteiger partial charge in [0.15, 0.2) is 11.5 Å².